The quantitative estimate of drug-likeness (QED) is 0.712. The Morgan fingerprint density at radius 2 is 2.06 bits per heavy atom. The molecule has 3 heteroatoms. The Bertz CT molecular complexity index is 341. The topological polar surface area (TPSA) is 12.0 Å². The first-order chi connectivity index (χ1) is 8.19. The summed E-state index contributed by atoms with van der Waals surface area (Å²) in [6, 6.07) is 5.58. The van der Waals surface area contributed by atoms with Crippen molar-refractivity contribution in [1.82, 2.24) is 5.32 Å². The van der Waals surface area contributed by atoms with Crippen LogP contribution in [0.15, 0.2) is 22.7 Å². The smallest absolute Gasteiger partial charge is 0.137 e. The average molecular weight is 302 g/mol. The van der Waals surface area contributed by atoms with Gasteiger partial charge in [-0.1, -0.05) is 38.7 Å². The maximum absolute atomic E-state index is 13.2. The van der Waals surface area contributed by atoms with Crippen LogP contribution in [0.25, 0.3) is 0 Å². The maximum atomic E-state index is 13.2. The minimum atomic E-state index is -0.199. The lowest BCUT2D eigenvalue weighted by atomic mass is 10.0. The molecule has 0 aromatic heterocycles. The van der Waals surface area contributed by atoms with E-state index in [2.05, 4.69) is 28.2 Å². The molecule has 0 saturated heterocycles. The van der Waals surface area contributed by atoms with Crippen LogP contribution in [0.4, 0.5) is 4.39 Å². The van der Waals surface area contributed by atoms with Gasteiger partial charge in [-0.25, -0.2) is 4.39 Å². The van der Waals surface area contributed by atoms with Crippen LogP contribution in [0.5, 0.6) is 0 Å². The van der Waals surface area contributed by atoms with Crippen LogP contribution in [0.3, 0.4) is 0 Å². The zero-order valence-corrected chi connectivity index (χ0v) is 12.2. The minimum absolute atomic E-state index is 0.199. The zero-order valence-electron chi connectivity index (χ0n) is 10.6. The Morgan fingerprint density at radius 1 is 1.29 bits per heavy atom. The van der Waals surface area contributed by atoms with Gasteiger partial charge in [0.05, 0.1) is 4.47 Å². The number of rotatable bonds is 7. The summed E-state index contributed by atoms with van der Waals surface area (Å²) in [7, 11) is 1.96. The zero-order chi connectivity index (χ0) is 12.7. The van der Waals surface area contributed by atoms with E-state index in [1.807, 2.05) is 19.2 Å². The van der Waals surface area contributed by atoms with Crippen molar-refractivity contribution in [3.63, 3.8) is 0 Å². The molecule has 17 heavy (non-hydrogen) atoms. The molecule has 0 heterocycles. The van der Waals surface area contributed by atoms with Crippen molar-refractivity contribution in [1.29, 1.82) is 0 Å². The molecule has 1 nitrogen and oxygen atoms in total. The summed E-state index contributed by atoms with van der Waals surface area (Å²) in [5.41, 5.74) is 1.15. The SMILES string of the molecule is CCCCCCC(NC)c1ccc(F)c(Br)c1. The molecule has 0 spiro atoms. The Morgan fingerprint density at radius 3 is 2.65 bits per heavy atom. The molecular weight excluding hydrogens is 281 g/mol. The highest BCUT2D eigenvalue weighted by Crippen LogP contribution is 2.24. The summed E-state index contributed by atoms with van der Waals surface area (Å²) in [5.74, 6) is -0.199. The molecule has 1 aromatic carbocycles. The van der Waals surface area contributed by atoms with E-state index in [4.69, 9.17) is 0 Å². The molecule has 1 N–H and O–H groups in total. The highest BCUT2D eigenvalue weighted by molar-refractivity contribution is 9.10. The third-order valence-electron chi connectivity index (χ3n) is 3.04. The molecule has 0 amide bonds. The lowest BCUT2D eigenvalue weighted by Crippen LogP contribution is -2.16. The van der Waals surface area contributed by atoms with E-state index in [0.29, 0.717) is 10.5 Å². The largest absolute Gasteiger partial charge is 0.313 e. The molecule has 96 valence electrons. The monoisotopic (exact) mass is 301 g/mol. The molecule has 1 atom stereocenters. The lowest BCUT2D eigenvalue weighted by Gasteiger charge is -2.17. The fourth-order valence-electron chi connectivity index (χ4n) is 1.98. The van der Waals surface area contributed by atoms with E-state index in [0.717, 1.165) is 12.0 Å². The number of hydrogen-bond donors (Lipinski definition) is 1. The second-order valence-corrected chi connectivity index (χ2v) is 5.22. The van der Waals surface area contributed by atoms with Crippen molar-refractivity contribution >= 4 is 15.9 Å². The Kier molecular flexibility index (Phi) is 6.75. The number of benzene rings is 1. The van der Waals surface area contributed by atoms with Gasteiger partial charge >= 0.3 is 0 Å². The van der Waals surface area contributed by atoms with Crippen molar-refractivity contribution in [2.75, 3.05) is 7.05 Å². The van der Waals surface area contributed by atoms with Gasteiger partial charge in [0.1, 0.15) is 5.82 Å². The standard InChI is InChI=1S/C14H21BrFN/c1-3-4-5-6-7-14(17-2)11-8-9-13(16)12(15)10-11/h8-10,14,17H,3-7H2,1-2H3. The van der Waals surface area contributed by atoms with Gasteiger partial charge in [-0.05, 0) is 47.1 Å². The molecule has 0 aliphatic carbocycles. The van der Waals surface area contributed by atoms with Crippen molar-refractivity contribution in [2.24, 2.45) is 0 Å². The molecule has 1 aromatic rings. The first-order valence-electron chi connectivity index (χ1n) is 6.31. The van der Waals surface area contributed by atoms with Crippen molar-refractivity contribution in [2.45, 2.75) is 45.1 Å². The van der Waals surface area contributed by atoms with Gasteiger partial charge in [-0.3, -0.25) is 0 Å². The Balaban J connectivity index is 2.56. The number of nitrogens with one attached hydrogen (secondary N) is 1. The van der Waals surface area contributed by atoms with Crippen LogP contribution < -0.4 is 5.32 Å². The van der Waals surface area contributed by atoms with E-state index < -0.39 is 0 Å². The lowest BCUT2D eigenvalue weighted by molar-refractivity contribution is 0.503. The molecule has 1 rings (SSSR count). The second-order valence-electron chi connectivity index (χ2n) is 4.36. The van der Waals surface area contributed by atoms with Gasteiger partial charge in [-0.15, -0.1) is 0 Å². The molecule has 0 saturated carbocycles. The van der Waals surface area contributed by atoms with Crippen LogP contribution in [0.2, 0.25) is 0 Å². The molecule has 0 aliphatic rings. The number of hydrogen-bond acceptors (Lipinski definition) is 1. The highest BCUT2D eigenvalue weighted by Gasteiger charge is 2.10. The van der Waals surface area contributed by atoms with Gasteiger partial charge in [0.2, 0.25) is 0 Å². The van der Waals surface area contributed by atoms with Gasteiger partial charge in [0.15, 0.2) is 0 Å². The molecule has 0 bridgehead atoms. The normalized spacial score (nSPS) is 12.7. The fraction of sp³-hybridized carbons (Fsp3) is 0.571. The van der Waals surface area contributed by atoms with Gasteiger partial charge in [-0.2, -0.15) is 0 Å². The molecular formula is C14H21BrFN. The van der Waals surface area contributed by atoms with Crippen LogP contribution in [0, 0.1) is 5.82 Å². The molecule has 1 unspecified atom stereocenters. The second kappa shape index (κ2) is 7.83. The predicted molar refractivity (Wildman–Crippen MR) is 74.7 cm³/mol. The van der Waals surface area contributed by atoms with E-state index in [1.54, 1.807) is 0 Å². The highest BCUT2D eigenvalue weighted by atomic mass is 79.9. The molecule has 0 aliphatic heterocycles. The van der Waals surface area contributed by atoms with E-state index in [-0.39, 0.29) is 5.82 Å². The van der Waals surface area contributed by atoms with Gasteiger partial charge in [0.25, 0.3) is 0 Å². The third kappa shape index (κ3) is 4.76. The number of unbranched alkanes of at least 4 members (excludes halogenated alkanes) is 3. The molecule has 0 radical (unpaired) electrons. The minimum Gasteiger partial charge on any atom is -0.313 e. The third-order valence-corrected chi connectivity index (χ3v) is 3.65. The first kappa shape index (κ1) is 14.7. The average Bonchev–Trinajstić information content (AvgIpc) is 2.33. The van der Waals surface area contributed by atoms with E-state index >= 15 is 0 Å². The summed E-state index contributed by atoms with van der Waals surface area (Å²) < 4.78 is 13.7. The summed E-state index contributed by atoms with van der Waals surface area (Å²) in [4.78, 5) is 0. The van der Waals surface area contributed by atoms with E-state index in [1.165, 1.54) is 31.7 Å². The summed E-state index contributed by atoms with van der Waals surface area (Å²) in [6.07, 6.45) is 6.15. The van der Waals surface area contributed by atoms with E-state index in [9.17, 15) is 4.39 Å². The Hall–Kier alpha value is -0.410. The first-order valence-corrected chi connectivity index (χ1v) is 7.10. The predicted octanol–water partition coefficient (Wildman–Crippen LogP) is 4.82. The van der Waals surface area contributed by atoms with Crippen LogP contribution in [-0.2, 0) is 0 Å². The maximum Gasteiger partial charge on any atom is 0.137 e. The summed E-state index contributed by atoms with van der Waals surface area (Å²) >= 11 is 3.23. The molecule has 0 fully saturated rings. The fourth-order valence-corrected chi connectivity index (χ4v) is 2.38. The van der Waals surface area contributed by atoms with Gasteiger partial charge in [0, 0.05) is 6.04 Å². The van der Waals surface area contributed by atoms with Crippen LogP contribution in [-0.4, -0.2) is 7.05 Å². The van der Waals surface area contributed by atoms with Crippen molar-refractivity contribution in [3.05, 3.63) is 34.1 Å². The van der Waals surface area contributed by atoms with Crippen LogP contribution in [0.1, 0.15) is 50.6 Å². The summed E-state index contributed by atoms with van der Waals surface area (Å²) in [5, 5.41) is 3.30. The number of halogens is 2. The Labute approximate surface area is 112 Å². The summed E-state index contributed by atoms with van der Waals surface area (Å²) in [6.45, 7) is 2.21. The van der Waals surface area contributed by atoms with Crippen LogP contribution >= 0.6 is 15.9 Å². The van der Waals surface area contributed by atoms with Crippen molar-refractivity contribution in [3.8, 4) is 0 Å². The van der Waals surface area contributed by atoms with Crippen molar-refractivity contribution < 1.29 is 4.39 Å². The van der Waals surface area contributed by atoms with Gasteiger partial charge < -0.3 is 5.32 Å².